The highest BCUT2D eigenvalue weighted by Gasteiger charge is 2.03. The highest BCUT2D eigenvalue weighted by molar-refractivity contribution is 5.85. The molecule has 0 atom stereocenters. The molecule has 0 aliphatic carbocycles. The number of hydrogen-bond donors (Lipinski definition) is 3. The first kappa shape index (κ1) is 13.8. The number of hydrazine groups is 1. The number of halogens is 1. The van der Waals surface area contributed by atoms with Gasteiger partial charge in [-0.2, -0.15) is 5.10 Å². The van der Waals surface area contributed by atoms with E-state index in [2.05, 4.69) is 10.5 Å². The van der Waals surface area contributed by atoms with Gasteiger partial charge >= 0.3 is 0 Å². The van der Waals surface area contributed by atoms with Crippen LogP contribution in [0.25, 0.3) is 0 Å². The number of benzene rings is 1. The fraction of sp³-hybridized carbons (Fsp3) is 0.182. The van der Waals surface area contributed by atoms with E-state index in [-0.39, 0.29) is 18.7 Å². The molecule has 96 valence electrons. The lowest BCUT2D eigenvalue weighted by atomic mass is 10.2. The minimum Gasteiger partial charge on any atom is -0.294 e. The Morgan fingerprint density at radius 2 is 1.83 bits per heavy atom. The van der Waals surface area contributed by atoms with Gasteiger partial charge in [0, 0.05) is 12.8 Å². The van der Waals surface area contributed by atoms with Crippen molar-refractivity contribution in [2.75, 3.05) is 0 Å². The third-order valence-electron chi connectivity index (χ3n) is 2.01. The summed E-state index contributed by atoms with van der Waals surface area (Å²) in [5.74, 6) is 3.68. The van der Waals surface area contributed by atoms with Gasteiger partial charge in [-0.15, -0.1) is 0 Å². The largest absolute Gasteiger partial charge is 0.294 e. The summed E-state index contributed by atoms with van der Waals surface area (Å²) < 4.78 is 12.6. The van der Waals surface area contributed by atoms with Gasteiger partial charge in [0.05, 0.1) is 6.21 Å². The minimum absolute atomic E-state index is 0.00555. The van der Waals surface area contributed by atoms with Gasteiger partial charge in [0.15, 0.2) is 0 Å². The van der Waals surface area contributed by atoms with Gasteiger partial charge < -0.3 is 0 Å². The number of hydrazone groups is 1. The van der Waals surface area contributed by atoms with Crippen molar-refractivity contribution in [3.05, 3.63) is 35.6 Å². The van der Waals surface area contributed by atoms with Gasteiger partial charge in [-0.1, -0.05) is 12.1 Å². The summed E-state index contributed by atoms with van der Waals surface area (Å²) in [6, 6.07) is 5.61. The van der Waals surface area contributed by atoms with Crippen molar-refractivity contribution >= 4 is 18.0 Å². The number of nitrogens with two attached hydrogens (primary N) is 1. The number of nitrogens with one attached hydrogen (secondary N) is 2. The Kier molecular flexibility index (Phi) is 5.46. The first-order chi connectivity index (χ1) is 8.61. The van der Waals surface area contributed by atoms with Crippen LogP contribution in [0, 0.1) is 5.82 Å². The molecule has 0 heterocycles. The van der Waals surface area contributed by atoms with Crippen LogP contribution in [0.1, 0.15) is 18.4 Å². The van der Waals surface area contributed by atoms with E-state index in [4.69, 9.17) is 5.84 Å². The molecule has 1 aromatic rings. The van der Waals surface area contributed by atoms with Crippen LogP contribution < -0.4 is 16.7 Å². The van der Waals surface area contributed by atoms with Crippen LogP contribution in [0.3, 0.4) is 0 Å². The number of rotatable bonds is 5. The maximum atomic E-state index is 12.6. The Morgan fingerprint density at radius 3 is 2.44 bits per heavy atom. The smallest absolute Gasteiger partial charge is 0.240 e. The van der Waals surface area contributed by atoms with Crippen LogP contribution in [0.2, 0.25) is 0 Å². The topological polar surface area (TPSA) is 96.6 Å². The molecule has 0 spiro atoms. The molecule has 0 saturated heterocycles. The molecular formula is C11H13FN4O2. The van der Waals surface area contributed by atoms with E-state index >= 15 is 0 Å². The van der Waals surface area contributed by atoms with E-state index in [1.807, 2.05) is 5.43 Å². The zero-order valence-corrected chi connectivity index (χ0v) is 9.52. The molecule has 0 aliphatic rings. The monoisotopic (exact) mass is 252 g/mol. The molecule has 0 bridgehead atoms. The maximum Gasteiger partial charge on any atom is 0.240 e. The number of amides is 2. The lowest BCUT2D eigenvalue weighted by molar-refractivity contribution is -0.126. The van der Waals surface area contributed by atoms with Crippen LogP contribution >= 0.6 is 0 Å². The van der Waals surface area contributed by atoms with Gasteiger partial charge in [0.1, 0.15) is 5.82 Å². The van der Waals surface area contributed by atoms with Crippen molar-refractivity contribution < 1.29 is 14.0 Å². The summed E-state index contributed by atoms with van der Waals surface area (Å²) in [5, 5.41) is 3.67. The average Bonchev–Trinajstić information content (AvgIpc) is 2.38. The van der Waals surface area contributed by atoms with Crippen molar-refractivity contribution in [2.45, 2.75) is 12.8 Å². The van der Waals surface area contributed by atoms with Crippen LogP contribution in [-0.2, 0) is 9.59 Å². The molecule has 0 fully saturated rings. The van der Waals surface area contributed by atoms with Crippen LogP contribution in [-0.4, -0.2) is 18.0 Å². The van der Waals surface area contributed by atoms with E-state index in [0.717, 1.165) is 0 Å². The molecule has 0 unspecified atom stereocenters. The summed E-state index contributed by atoms with van der Waals surface area (Å²) in [4.78, 5) is 22.0. The lowest BCUT2D eigenvalue weighted by Crippen LogP contribution is -2.31. The second-order valence-electron chi connectivity index (χ2n) is 3.41. The number of hydrogen-bond acceptors (Lipinski definition) is 4. The second kappa shape index (κ2) is 7.13. The van der Waals surface area contributed by atoms with E-state index in [9.17, 15) is 14.0 Å². The van der Waals surface area contributed by atoms with E-state index in [1.54, 1.807) is 0 Å². The molecule has 2 amide bonds. The highest BCUT2D eigenvalue weighted by Crippen LogP contribution is 1.99. The normalized spacial score (nSPS) is 10.3. The molecule has 6 nitrogen and oxygen atoms in total. The van der Waals surface area contributed by atoms with Gasteiger partial charge in [0.2, 0.25) is 11.8 Å². The fourth-order valence-electron chi connectivity index (χ4n) is 1.08. The minimum atomic E-state index is -0.423. The molecule has 0 aliphatic heterocycles. The molecule has 0 radical (unpaired) electrons. The lowest BCUT2D eigenvalue weighted by Gasteiger charge is -1.99. The summed E-state index contributed by atoms with van der Waals surface area (Å²) >= 11 is 0. The number of carbonyl (C=O) groups excluding carboxylic acids is 2. The summed E-state index contributed by atoms with van der Waals surface area (Å²) in [7, 11) is 0. The van der Waals surface area contributed by atoms with E-state index < -0.39 is 11.8 Å². The Hall–Kier alpha value is -2.28. The first-order valence-corrected chi connectivity index (χ1v) is 5.18. The third-order valence-corrected chi connectivity index (χ3v) is 2.01. The van der Waals surface area contributed by atoms with Crippen molar-refractivity contribution in [2.24, 2.45) is 10.9 Å². The predicted molar refractivity (Wildman–Crippen MR) is 63.7 cm³/mol. The molecule has 7 heteroatoms. The first-order valence-electron chi connectivity index (χ1n) is 5.18. The van der Waals surface area contributed by atoms with Crippen molar-refractivity contribution in [3.8, 4) is 0 Å². The average molecular weight is 252 g/mol. The Balaban J connectivity index is 2.33. The zero-order chi connectivity index (χ0) is 13.4. The summed E-state index contributed by atoms with van der Waals surface area (Å²) in [6.07, 6.45) is 1.36. The molecule has 0 saturated carbocycles. The second-order valence-corrected chi connectivity index (χ2v) is 3.41. The molecular weight excluding hydrogens is 239 g/mol. The van der Waals surface area contributed by atoms with E-state index in [1.165, 1.54) is 30.5 Å². The molecule has 0 aromatic heterocycles. The van der Waals surface area contributed by atoms with Crippen molar-refractivity contribution in [3.63, 3.8) is 0 Å². The molecule has 18 heavy (non-hydrogen) atoms. The van der Waals surface area contributed by atoms with Crippen molar-refractivity contribution in [1.29, 1.82) is 0 Å². The molecule has 4 N–H and O–H groups in total. The fourth-order valence-corrected chi connectivity index (χ4v) is 1.08. The SMILES string of the molecule is NNC(=O)CCC(=O)N/N=C\c1ccc(F)cc1. The van der Waals surface area contributed by atoms with Crippen LogP contribution in [0.4, 0.5) is 4.39 Å². The molecule has 1 aromatic carbocycles. The number of carbonyl (C=O) groups is 2. The van der Waals surface area contributed by atoms with Crippen LogP contribution in [0.15, 0.2) is 29.4 Å². The molecule has 1 rings (SSSR count). The Morgan fingerprint density at radius 1 is 1.22 bits per heavy atom. The Labute approximate surface area is 103 Å². The summed E-state index contributed by atoms with van der Waals surface area (Å²) in [6.45, 7) is 0. The predicted octanol–water partition coefficient (Wildman–Crippen LogP) is 0.0459. The van der Waals surface area contributed by atoms with E-state index in [0.29, 0.717) is 5.56 Å². The standard InChI is InChI=1S/C11H13FN4O2/c12-9-3-1-8(2-4-9)7-14-16-11(18)6-5-10(17)15-13/h1-4,7H,5-6,13H2,(H,15,17)(H,16,18)/b14-7-. The van der Waals surface area contributed by atoms with Crippen LogP contribution in [0.5, 0.6) is 0 Å². The van der Waals surface area contributed by atoms with Gasteiger partial charge in [0.25, 0.3) is 0 Å². The maximum absolute atomic E-state index is 12.6. The van der Waals surface area contributed by atoms with Gasteiger partial charge in [-0.25, -0.2) is 15.7 Å². The van der Waals surface area contributed by atoms with Gasteiger partial charge in [-0.3, -0.25) is 15.0 Å². The number of nitrogens with zero attached hydrogens (tertiary/aromatic N) is 1. The third kappa shape index (κ3) is 5.17. The quantitative estimate of drug-likeness (QED) is 0.299. The van der Waals surface area contributed by atoms with Gasteiger partial charge in [-0.05, 0) is 17.7 Å². The zero-order valence-electron chi connectivity index (χ0n) is 9.52. The summed E-state index contributed by atoms with van der Waals surface area (Å²) in [5.41, 5.74) is 4.81. The van der Waals surface area contributed by atoms with Crippen molar-refractivity contribution in [1.82, 2.24) is 10.9 Å². The highest BCUT2D eigenvalue weighted by atomic mass is 19.1. The Bertz CT molecular complexity index is 445.